The Hall–Kier alpha value is -1.75. The standard InChI is InChI=1S/C12H13F2N3/c13-12(14,9-15)8-10-4-1-2-5-11(10)17-7-3-6-16-17/h1-7H,8-9,15H2. The minimum atomic E-state index is -2.89. The molecule has 0 spiro atoms. The summed E-state index contributed by atoms with van der Waals surface area (Å²) >= 11 is 0. The molecule has 2 rings (SSSR count). The first-order valence-corrected chi connectivity index (χ1v) is 5.28. The third kappa shape index (κ3) is 2.68. The molecule has 0 aliphatic heterocycles. The van der Waals surface area contributed by atoms with Crippen molar-refractivity contribution >= 4 is 0 Å². The fraction of sp³-hybridized carbons (Fsp3) is 0.250. The van der Waals surface area contributed by atoms with Gasteiger partial charge in [0.15, 0.2) is 0 Å². The molecule has 1 aromatic carbocycles. The van der Waals surface area contributed by atoms with Gasteiger partial charge in [-0.3, -0.25) is 0 Å². The highest BCUT2D eigenvalue weighted by molar-refractivity contribution is 5.40. The van der Waals surface area contributed by atoms with Gasteiger partial charge in [0, 0.05) is 18.8 Å². The topological polar surface area (TPSA) is 43.8 Å². The van der Waals surface area contributed by atoms with E-state index in [-0.39, 0.29) is 6.42 Å². The van der Waals surface area contributed by atoms with Crippen LogP contribution in [0.3, 0.4) is 0 Å². The molecular formula is C12H13F2N3. The Morgan fingerprint density at radius 1 is 1.24 bits per heavy atom. The van der Waals surface area contributed by atoms with E-state index in [0.29, 0.717) is 11.3 Å². The van der Waals surface area contributed by atoms with Crippen LogP contribution in [0.15, 0.2) is 42.7 Å². The van der Waals surface area contributed by atoms with Crippen molar-refractivity contribution in [2.45, 2.75) is 12.3 Å². The van der Waals surface area contributed by atoms with Crippen molar-refractivity contribution in [1.29, 1.82) is 0 Å². The van der Waals surface area contributed by atoms with Crippen LogP contribution in [0.4, 0.5) is 8.78 Å². The average Bonchev–Trinajstić information content (AvgIpc) is 2.83. The molecule has 5 heteroatoms. The van der Waals surface area contributed by atoms with E-state index < -0.39 is 12.5 Å². The van der Waals surface area contributed by atoms with Gasteiger partial charge in [-0.25, -0.2) is 13.5 Å². The first-order valence-electron chi connectivity index (χ1n) is 5.28. The smallest absolute Gasteiger partial charge is 0.264 e. The van der Waals surface area contributed by atoms with Crippen LogP contribution in [0.2, 0.25) is 0 Å². The molecule has 90 valence electrons. The van der Waals surface area contributed by atoms with Crippen LogP contribution in [-0.2, 0) is 6.42 Å². The highest BCUT2D eigenvalue weighted by Gasteiger charge is 2.28. The van der Waals surface area contributed by atoms with Gasteiger partial charge in [-0.2, -0.15) is 5.10 Å². The highest BCUT2D eigenvalue weighted by atomic mass is 19.3. The summed E-state index contributed by atoms with van der Waals surface area (Å²) in [5.74, 6) is -2.89. The monoisotopic (exact) mass is 237 g/mol. The zero-order valence-corrected chi connectivity index (χ0v) is 9.18. The van der Waals surface area contributed by atoms with Crippen molar-refractivity contribution in [3.63, 3.8) is 0 Å². The van der Waals surface area contributed by atoms with Crippen molar-refractivity contribution in [1.82, 2.24) is 9.78 Å². The Bertz CT molecular complexity index is 480. The molecule has 1 heterocycles. The summed E-state index contributed by atoms with van der Waals surface area (Å²) in [5, 5.41) is 4.04. The number of nitrogens with two attached hydrogens (primary N) is 1. The first kappa shape index (κ1) is 11.7. The molecule has 0 fully saturated rings. The fourth-order valence-corrected chi connectivity index (χ4v) is 1.65. The second kappa shape index (κ2) is 4.63. The van der Waals surface area contributed by atoms with E-state index in [1.165, 1.54) is 0 Å². The molecule has 1 aromatic heterocycles. The van der Waals surface area contributed by atoms with Crippen molar-refractivity contribution < 1.29 is 8.78 Å². The minimum Gasteiger partial charge on any atom is -0.325 e. The second-order valence-electron chi connectivity index (χ2n) is 3.82. The first-order chi connectivity index (χ1) is 8.12. The molecule has 0 saturated heterocycles. The van der Waals surface area contributed by atoms with Crippen LogP contribution in [0.25, 0.3) is 5.69 Å². The molecule has 3 nitrogen and oxygen atoms in total. The largest absolute Gasteiger partial charge is 0.325 e. The Kier molecular flexibility index (Phi) is 3.19. The number of halogens is 2. The van der Waals surface area contributed by atoms with E-state index in [1.54, 1.807) is 47.4 Å². The van der Waals surface area contributed by atoms with Crippen LogP contribution in [0.5, 0.6) is 0 Å². The predicted octanol–water partition coefficient (Wildman–Crippen LogP) is 2.01. The van der Waals surface area contributed by atoms with Crippen LogP contribution in [-0.4, -0.2) is 22.2 Å². The zero-order valence-electron chi connectivity index (χ0n) is 9.18. The Morgan fingerprint density at radius 3 is 2.65 bits per heavy atom. The molecule has 0 aliphatic rings. The maximum atomic E-state index is 13.3. The SMILES string of the molecule is NCC(F)(F)Cc1ccccc1-n1cccn1. The van der Waals surface area contributed by atoms with Gasteiger partial charge in [0.2, 0.25) is 0 Å². The maximum Gasteiger partial charge on any atom is 0.264 e. The summed E-state index contributed by atoms with van der Waals surface area (Å²) in [4.78, 5) is 0. The van der Waals surface area contributed by atoms with Gasteiger partial charge in [-0.15, -0.1) is 0 Å². The van der Waals surface area contributed by atoms with Crippen molar-refractivity contribution in [3.8, 4) is 5.69 Å². The predicted molar refractivity (Wildman–Crippen MR) is 61.3 cm³/mol. The van der Waals surface area contributed by atoms with Crippen LogP contribution in [0, 0.1) is 0 Å². The lowest BCUT2D eigenvalue weighted by Gasteiger charge is -2.16. The quantitative estimate of drug-likeness (QED) is 0.884. The molecular weight excluding hydrogens is 224 g/mol. The third-order valence-electron chi connectivity index (χ3n) is 2.49. The van der Waals surface area contributed by atoms with Gasteiger partial charge in [0.05, 0.1) is 12.2 Å². The van der Waals surface area contributed by atoms with Gasteiger partial charge < -0.3 is 5.73 Å². The molecule has 0 aliphatic carbocycles. The van der Waals surface area contributed by atoms with E-state index in [9.17, 15) is 8.78 Å². The lowest BCUT2D eigenvalue weighted by molar-refractivity contribution is 0.0114. The Morgan fingerprint density at radius 2 is 2.00 bits per heavy atom. The van der Waals surface area contributed by atoms with Crippen molar-refractivity contribution in [2.24, 2.45) is 5.73 Å². The van der Waals surface area contributed by atoms with Gasteiger partial charge in [-0.1, -0.05) is 18.2 Å². The molecule has 2 N–H and O–H groups in total. The normalized spacial score (nSPS) is 11.7. The van der Waals surface area contributed by atoms with Gasteiger partial charge >= 0.3 is 0 Å². The third-order valence-corrected chi connectivity index (χ3v) is 2.49. The van der Waals surface area contributed by atoms with Crippen molar-refractivity contribution in [2.75, 3.05) is 6.54 Å². The molecule has 0 radical (unpaired) electrons. The van der Waals surface area contributed by atoms with E-state index in [1.807, 2.05) is 0 Å². The van der Waals surface area contributed by atoms with Crippen LogP contribution in [0.1, 0.15) is 5.56 Å². The van der Waals surface area contributed by atoms with Crippen molar-refractivity contribution in [3.05, 3.63) is 48.3 Å². The average molecular weight is 237 g/mol. The second-order valence-corrected chi connectivity index (χ2v) is 3.82. The molecule has 0 bridgehead atoms. The van der Waals surface area contributed by atoms with E-state index in [2.05, 4.69) is 5.10 Å². The molecule has 2 aromatic rings. The number of alkyl halides is 2. The molecule has 0 saturated carbocycles. The lowest BCUT2D eigenvalue weighted by Crippen LogP contribution is -2.30. The summed E-state index contributed by atoms with van der Waals surface area (Å²) in [6.07, 6.45) is 2.96. The number of rotatable bonds is 4. The number of para-hydroxylation sites is 1. The lowest BCUT2D eigenvalue weighted by atomic mass is 10.1. The van der Waals surface area contributed by atoms with Gasteiger partial charge in [0.25, 0.3) is 5.92 Å². The van der Waals surface area contributed by atoms with E-state index >= 15 is 0 Å². The summed E-state index contributed by atoms with van der Waals surface area (Å²) in [6.45, 7) is -0.652. The Labute approximate surface area is 97.9 Å². The number of benzene rings is 1. The number of nitrogens with zero attached hydrogens (tertiary/aromatic N) is 2. The summed E-state index contributed by atoms with van der Waals surface area (Å²) < 4.78 is 28.2. The minimum absolute atomic E-state index is 0.375. The van der Waals surface area contributed by atoms with Gasteiger partial charge in [0.1, 0.15) is 0 Å². The van der Waals surface area contributed by atoms with Crippen LogP contribution >= 0.6 is 0 Å². The Balaban J connectivity index is 2.35. The maximum absolute atomic E-state index is 13.3. The summed E-state index contributed by atoms with van der Waals surface area (Å²) in [5.41, 5.74) is 6.24. The van der Waals surface area contributed by atoms with E-state index in [4.69, 9.17) is 5.73 Å². The fourth-order valence-electron chi connectivity index (χ4n) is 1.65. The summed E-state index contributed by atoms with van der Waals surface area (Å²) in [7, 11) is 0. The van der Waals surface area contributed by atoms with Gasteiger partial charge in [-0.05, 0) is 17.7 Å². The number of hydrogen-bond acceptors (Lipinski definition) is 2. The zero-order chi connectivity index (χ0) is 12.3. The molecule has 0 amide bonds. The molecule has 0 unspecified atom stereocenters. The molecule has 0 atom stereocenters. The van der Waals surface area contributed by atoms with E-state index in [0.717, 1.165) is 0 Å². The molecule has 17 heavy (non-hydrogen) atoms. The van der Waals surface area contributed by atoms with Crippen LogP contribution < -0.4 is 5.73 Å². The highest BCUT2D eigenvalue weighted by Crippen LogP contribution is 2.23. The summed E-state index contributed by atoms with van der Waals surface area (Å²) in [6, 6.07) is 8.70. The number of aromatic nitrogens is 2. The number of hydrogen-bond donors (Lipinski definition) is 1.